The first-order valence-corrected chi connectivity index (χ1v) is 48.9. The summed E-state index contributed by atoms with van der Waals surface area (Å²) in [5.41, 5.74) is 1.02. The molecule has 6 heterocycles. The molecule has 4 aliphatic heterocycles. The average Bonchev–Trinajstić information content (AvgIpc) is 1.51. The van der Waals surface area contributed by atoms with Crippen LogP contribution in [0.5, 0.6) is 11.5 Å². The van der Waals surface area contributed by atoms with Gasteiger partial charge in [-0.1, -0.05) is 45.9 Å². The second-order valence-corrected chi connectivity index (χ2v) is 36.1. The number of carboxylic acids is 3. The minimum absolute atomic E-state index is 0.0122. The van der Waals surface area contributed by atoms with Gasteiger partial charge in [0.05, 0.1) is 151 Å². The Bertz CT molecular complexity index is 5660. The fraction of sp³-hybridized carbons (Fsp3) is 0.495. The second kappa shape index (κ2) is 55.4. The monoisotopic (exact) mass is 2020 g/mol. The number of urea groups is 3. The molecule has 13 amide bonds. The van der Waals surface area contributed by atoms with E-state index >= 15 is 0 Å². The number of anilines is 4. The summed E-state index contributed by atoms with van der Waals surface area (Å²) in [5.74, 6) is -10.2. The molecule has 1 unspecified atom stereocenters. The van der Waals surface area contributed by atoms with Gasteiger partial charge in [0.2, 0.25) is 53.7 Å². The van der Waals surface area contributed by atoms with Gasteiger partial charge in [0.15, 0.2) is 11.5 Å². The number of cyclic esters (lactones) is 1. The molecule has 16 N–H and O–H groups in total. The maximum Gasteiger partial charge on any atom is 0.355 e. The standard InChI is InChI=1S/C93H120N16O31S2/c1-5-23-97-90(126)102-63-12-8-14-65(46-63)142(129,130)107-64-13-7-11-57(43-64)69(49-80(116)117)105-92(128)101-62-20-18-61(19-21-62)100-91(127)98-26-32-134-36-40-136-39-34-132-30-24-94-75(110)16-9-17-76(111)96-27-41-141-54-60(45-79(114)115)84(120)99-51-78(113)95-25-31-133-35-38-135-37-33-131-29-22-77(112)103-70(50-81(118)119)87(123)108-28-10-15-71(108)85(121)106-82(56(3)4)88(124)140-93(6-2)67-47-72-83-59(52-109(72)86(122)66(67)53-137-89(93)125)42-58-44-73-74(139-55-138-73)48-68(58)104-83/h7-8,11-14,18-21,42-44,46-48,56,60,69-71,82,107H,5-6,9-10,15-17,22-41,45,49-55H2,1-4H3,(H,94,110)(H,95,113)(H,96,111)(H,99,120)(H,103,112)(H,106,121)(H,114,115)(H,116,117)(H,118,119)(H2,97,102,126)(H2,98,100,127)(H2,101,105,128)/t60?,69-,70+,71+,82+,93+/m1/s1. The van der Waals surface area contributed by atoms with Crippen LogP contribution in [0.4, 0.5) is 37.1 Å². The summed E-state index contributed by atoms with van der Waals surface area (Å²) in [4.78, 5) is 214. The van der Waals surface area contributed by atoms with E-state index in [2.05, 4.69) is 68.5 Å². The number of hydrogen-bond acceptors (Lipinski definition) is 30. The number of ether oxygens (including phenoxy) is 10. The molecule has 4 aromatic carbocycles. The predicted molar refractivity (Wildman–Crippen MR) is 510 cm³/mol. The van der Waals surface area contributed by atoms with Gasteiger partial charge >= 0.3 is 47.9 Å². The van der Waals surface area contributed by atoms with Crippen LogP contribution in [-0.4, -0.2) is 289 Å². The summed E-state index contributed by atoms with van der Waals surface area (Å²) in [6.45, 7) is 8.80. The summed E-state index contributed by atoms with van der Waals surface area (Å²) < 4.78 is 86.5. The lowest BCUT2D eigenvalue weighted by Crippen LogP contribution is -2.57. The number of thioether (sulfide) groups is 1. The quantitative estimate of drug-likeness (QED) is 0.0190. The van der Waals surface area contributed by atoms with Gasteiger partial charge in [0.25, 0.3) is 15.6 Å². The number of carbonyl (C=O) groups excluding carboxylic acids is 12. The Morgan fingerprint density at radius 2 is 1.16 bits per heavy atom. The fourth-order valence-electron chi connectivity index (χ4n) is 15.3. The first-order chi connectivity index (χ1) is 68.2. The lowest BCUT2D eigenvalue weighted by atomic mass is 9.85. The van der Waals surface area contributed by atoms with Crippen LogP contribution in [0, 0.1) is 11.8 Å². The van der Waals surface area contributed by atoms with Crippen LogP contribution in [0.1, 0.15) is 127 Å². The number of aliphatic carboxylic acids is 3. The highest BCUT2D eigenvalue weighted by atomic mass is 32.2. The molecule has 10 rings (SSSR count). The Balaban J connectivity index is 0.497. The van der Waals surface area contributed by atoms with Gasteiger partial charge in [-0.3, -0.25) is 57.5 Å². The second-order valence-electron chi connectivity index (χ2n) is 33.3. The van der Waals surface area contributed by atoms with E-state index in [0.717, 1.165) is 15.8 Å². The number of likely N-dealkylation sites (tertiary alicyclic amines) is 1. The van der Waals surface area contributed by atoms with E-state index in [-0.39, 0.29) is 214 Å². The molecule has 1 fully saturated rings. The van der Waals surface area contributed by atoms with Gasteiger partial charge < -0.3 is 136 Å². The molecule has 6 atom stereocenters. The zero-order valence-electron chi connectivity index (χ0n) is 78.9. The maximum atomic E-state index is 14.5. The lowest BCUT2D eigenvalue weighted by Gasteiger charge is -2.37. The molecule has 4 aliphatic rings. The number of pyridine rings is 2. The number of amides is 13. The minimum Gasteiger partial charge on any atom is -0.481 e. The Kier molecular flexibility index (Phi) is 43.0. The highest BCUT2D eigenvalue weighted by Gasteiger charge is 2.52. The predicted octanol–water partition coefficient (Wildman–Crippen LogP) is 3.89. The number of carboxylic acid groups (broad SMARTS) is 3. The number of nitrogens with zero attached hydrogens (tertiary/aromatic N) is 3. The smallest absolute Gasteiger partial charge is 0.355 e. The Morgan fingerprint density at radius 3 is 1.80 bits per heavy atom. The molecule has 770 valence electrons. The van der Waals surface area contributed by atoms with Crippen LogP contribution in [-0.2, 0) is 124 Å². The van der Waals surface area contributed by atoms with Crippen molar-refractivity contribution in [2.75, 3.05) is 164 Å². The molecule has 2 aromatic heterocycles. The van der Waals surface area contributed by atoms with Crippen LogP contribution < -0.4 is 83.6 Å². The number of rotatable bonds is 60. The Hall–Kier alpha value is -13.9. The number of aromatic nitrogens is 2. The maximum absolute atomic E-state index is 14.5. The van der Waals surface area contributed by atoms with Gasteiger partial charge in [-0.05, 0) is 116 Å². The third kappa shape index (κ3) is 33.7. The number of hydrogen-bond donors (Lipinski definition) is 16. The van der Waals surface area contributed by atoms with Crippen LogP contribution in [0.2, 0.25) is 0 Å². The molecule has 47 nitrogen and oxygen atoms in total. The number of nitrogens with one attached hydrogen (secondary N) is 13. The van der Waals surface area contributed by atoms with E-state index in [4.69, 9.17) is 52.4 Å². The summed E-state index contributed by atoms with van der Waals surface area (Å²) in [6.07, 6.45) is -0.788. The number of carbonyl (C=O) groups is 15. The van der Waals surface area contributed by atoms with Gasteiger partial charge in [0.1, 0.15) is 24.7 Å². The van der Waals surface area contributed by atoms with E-state index in [9.17, 15) is 100 Å². The molecule has 1 saturated heterocycles. The van der Waals surface area contributed by atoms with Crippen molar-refractivity contribution in [1.29, 1.82) is 0 Å². The topological polar surface area (TPSA) is 638 Å². The average molecular weight is 2020 g/mol. The fourth-order valence-corrected chi connectivity index (χ4v) is 17.4. The lowest BCUT2D eigenvalue weighted by molar-refractivity contribution is -0.191. The molecule has 0 radical (unpaired) electrons. The summed E-state index contributed by atoms with van der Waals surface area (Å²) in [7, 11) is -4.19. The zero-order chi connectivity index (χ0) is 102. The number of sulfonamides is 1. The molecular formula is C93H120N16O31S2. The number of esters is 2. The van der Waals surface area contributed by atoms with E-state index in [1.165, 1.54) is 89.1 Å². The summed E-state index contributed by atoms with van der Waals surface area (Å²) in [6, 6.07) is 17.5. The summed E-state index contributed by atoms with van der Waals surface area (Å²) >= 11 is 1.23. The van der Waals surface area contributed by atoms with Gasteiger partial charge in [-0.15, -0.1) is 0 Å². The van der Waals surface area contributed by atoms with E-state index in [1.807, 2.05) is 13.0 Å². The minimum atomic E-state index is -4.19. The Morgan fingerprint density at radius 1 is 0.577 bits per heavy atom. The van der Waals surface area contributed by atoms with Crippen molar-refractivity contribution in [3.63, 3.8) is 0 Å². The zero-order valence-corrected chi connectivity index (χ0v) is 80.5. The van der Waals surface area contributed by atoms with Crippen LogP contribution in [0.25, 0.3) is 22.3 Å². The van der Waals surface area contributed by atoms with Crippen molar-refractivity contribution >= 4 is 145 Å². The first kappa shape index (κ1) is 110. The molecule has 49 heteroatoms. The normalized spacial score (nSPS) is 15.1. The van der Waals surface area contributed by atoms with E-state index < -0.39 is 167 Å². The molecule has 142 heavy (non-hydrogen) atoms. The molecule has 0 saturated carbocycles. The van der Waals surface area contributed by atoms with Crippen LogP contribution >= 0.6 is 11.8 Å². The molecule has 0 spiro atoms. The highest BCUT2D eigenvalue weighted by Crippen LogP contribution is 2.43. The van der Waals surface area contributed by atoms with Crippen LogP contribution in [0.3, 0.4) is 0 Å². The van der Waals surface area contributed by atoms with Gasteiger partial charge in [-0.2, -0.15) is 11.8 Å². The van der Waals surface area contributed by atoms with Crippen molar-refractivity contribution in [2.45, 2.75) is 146 Å². The third-order valence-corrected chi connectivity index (χ3v) is 24.9. The van der Waals surface area contributed by atoms with Crippen molar-refractivity contribution in [1.82, 2.24) is 62.3 Å². The van der Waals surface area contributed by atoms with Crippen molar-refractivity contribution in [3.05, 3.63) is 130 Å². The number of benzene rings is 4. The van der Waals surface area contributed by atoms with E-state index in [1.54, 1.807) is 39.0 Å². The van der Waals surface area contributed by atoms with Crippen molar-refractivity contribution in [2.24, 2.45) is 11.8 Å². The SMILES string of the molecule is CCCNC(=O)Nc1cccc(S(=O)(=O)Nc2cccc([C@@H](CC(=O)O)NC(=O)Nc3ccc(NC(=O)NCCOCCOCCOCCNC(=O)CCCC(=O)NCCSCC(CC(=O)O)C(=O)NCC(=O)NCCOCCOCCOCCC(=O)N[C@@H](CC(=O)O)C(=O)N4CCC[C@H]4C(=O)N[C@H](C(=O)O[C@]4(CC)C(=O)OCc5c4cc4n(c5=O)Cc5cc6cc7c(cc6nc5-4)OCO7)C(C)C)cc3)c2)c1. The van der Waals surface area contributed by atoms with Crippen molar-refractivity contribution in [3.8, 4) is 22.9 Å². The molecule has 6 aromatic rings. The Labute approximate surface area is 820 Å². The molecule has 0 aliphatic carbocycles. The molecular weight excluding hydrogens is 1900 g/mol. The summed E-state index contributed by atoms with van der Waals surface area (Å²) in [5, 5.41) is 61.1. The number of fused-ring (bicyclic) bond motifs is 6. The van der Waals surface area contributed by atoms with Crippen molar-refractivity contribution < 1.29 is 143 Å². The highest BCUT2D eigenvalue weighted by molar-refractivity contribution is 7.99. The molecule has 0 bridgehead atoms. The van der Waals surface area contributed by atoms with Gasteiger partial charge in [0, 0.05) is 115 Å². The van der Waals surface area contributed by atoms with E-state index in [0.29, 0.717) is 64.9 Å². The van der Waals surface area contributed by atoms with Gasteiger partial charge in [-0.25, -0.2) is 37.4 Å². The first-order valence-electron chi connectivity index (χ1n) is 46.3. The largest absolute Gasteiger partial charge is 0.481 e. The third-order valence-electron chi connectivity index (χ3n) is 22.4. The van der Waals surface area contributed by atoms with Crippen LogP contribution in [0.15, 0.2) is 107 Å².